The summed E-state index contributed by atoms with van der Waals surface area (Å²) in [6.07, 6.45) is 1.64. The molecule has 0 aliphatic heterocycles. The van der Waals surface area contributed by atoms with Gasteiger partial charge in [-0.1, -0.05) is 29.8 Å². The molecule has 5 heteroatoms. The van der Waals surface area contributed by atoms with E-state index in [1.807, 2.05) is 0 Å². The van der Waals surface area contributed by atoms with E-state index in [1.165, 1.54) is 12.1 Å². The van der Waals surface area contributed by atoms with Crippen LogP contribution in [0.25, 0.3) is 11.3 Å². The molecule has 3 nitrogen and oxygen atoms in total. The Morgan fingerprint density at radius 2 is 1.83 bits per heavy atom. The summed E-state index contributed by atoms with van der Waals surface area (Å²) >= 11 is 6.02. The standard InChI is InChI=1S/C17H12ClFN2O.C2H4/c1-21-16(8-9-20-21)12-7-6-11(18)10-14(12)17(22)13-4-2-3-5-15(13)19;1-2/h2-10H,1H3;1-2H2. The van der Waals surface area contributed by atoms with Crippen LogP contribution in [0.5, 0.6) is 0 Å². The first-order valence-corrected chi connectivity index (χ1v) is 7.53. The van der Waals surface area contributed by atoms with Crippen LogP contribution in [0.4, 0.5) is 4.39 Å². The highest BCUT2D eigenvalue weighted by atomic mass is 35.5. The lowest BCUT2D eigenvalue weighted by atomic mass is 9.96. The van der Waals surface area contributed by atoms with Crippen LogP contribution in [-0.4, -0.2) is 15.6 Å². The average Bonchev–Trinajstić information content (AvgIpc) is 3.02. The van der Waals surface area contributed by atoms with Crippen molar-refractivity contribution in [3.8, 4) is 11.3 Å². The van der Waals surface area contributed by atoms with E-state index in [2.05, 4.69) is 18.3 Å². The van der Waals surface area contributed by atoms with Crippen molar-refractivity contribution in [1.29, 1.82) is 0 Å². The quantitative estimate of drug-likeness (QED) is 0.500. The van der Waals surface area contributed by atoms with E-state index in [4.69, 9.17) is 11.6 Å². The largest absolute Gasteiger partial charge is 0.288 e. The number of ketones is 1. The Morgan fingerprint density at radius 3 is 2.46 bits per heavy atom. The first-order valence-electron chi connectivity index (χ1n) is 7.15. The number of carbonyl (C=O) groups excluding carboxylic acids is 1. The lowest BCUT2D eigenvalue weighted by Gasteiger charge is -2.10. The number of hydrogen-bond acceptors (Lipinski definition) is 2. The van der Waals surface area contributed by atoms with Gasteiger partial charge in [0.15, 0.2) is 5.78 Å². The van der Waals surface area contributed by atoms with Gasteiger partial charge in [0.25, 0.3) is 0 Å². The number of carbonyl (C=O) groups is 1. The second kappa shape index (κ2) is 7.70. The zero-order valence-corrected chi connectivity index (χ0v) is 13.9. The predicted octanol–water partition coefficient (Wildman–Crippen LogP) is 4.91. The van der Waals surface area contributed by atoms with E-state index >= 15 is 0 Å². The predicted molar refractivity (Wildman–Crippen MR) is 94.7 cm³/mol. The van der Waals surface area contributed by atoms with Gasteiger partial charge < -0.3 is 0 Å². The fourth-order valence-electron chi connectivity index (χ4n) is 2.36. The van der Waals surface area contributed by atoms with Gasteiger partial charge in [-0.25, -0.2) is 4.39 Å². The van der Waals surface area contributed by atoms with Crippen LogP contribution in [0.1, 0.15) is 15.9 Å². The van der Waals surface area contributed by atoms with Crippen LogP contribution in [0.2, 0.25) is 5.02 Å². The van der Waals surface area contributed by atoms with Gasteiger partial charge in [-0.2, -0.15) is 5.10 Å². The van der Waals surface area contributed by atoms with Crippen LogP contribution in [0, 0.1) is 5.82 Å². The topological polar surface area (TPSA) is 34.9 Å². The Labute approximate surface area is 145 Å². The molecule has 0 radical (unpaired) electrons. The van der Waals surface area contributed by atoms with Gasteiger partial charge in [0.2, 0.25) is 0 Å². The summed E-state index contributed by atoms with van der Waals surface area (Å²) in [5.41, 5.74) is 1.79. The molecule has 0 aliphatic rings. The van der Waals surface area contributed by atoms with E-state index in [-0.39, 0.29) is 5.56 Å². The Balaban J connectivity index is 0.00000100. The molecule has 0 N–H and O–H groups in total. The van der Waals surface area contributed by atoms with Crippen LogP contribution >= 0.6 is 11.6 Å². The summed E-state index contributed by atoms with van der Waals surface area (Å²) in [5, 5.41) is 4.53. The molecule has 0 spiro atoms. The molecular weight excluding hydrogens is 327 g/mol. The van der Waals surface area contributed by atoms with Crippen molar-refractivity contribution in [3.05, 3.63) is 89.9 Å². The first kappa shape index (κ1) is 17.6. The van der Waals surface area contributed by atoms with Crippen molar-refractivity contribution >= 4 is 17.4 Å². The van der Waals surface area contributed by atoms with Crippen molar-refractivity contribution in [1.82, 2.24) is 9.78 Å². The van der Waals surface area contributed by atoms with Crippen molar-refractivity contribution in [2.45, 2.75) is 0 Å². The summed E-state index contributed by atoms with van der Waals surface area (Å²) in [6, 6.07) is 12.7. The molecule has 0 bridgehead atoms. The van der Waals surface area contributed by atoms with Gasteiger partial charge in [0.1, 0.15) is 5.82 Å². The molecule has 0 amide bonds. The van der Waals surface area contributed by atoms with Crippen LogP contribution in [0.3, 0.4) is 0 Å². The fraction of sp³-hybridized carbons (Fsp3) is 0.0526. The lowest BCUT2D eigenvalue weighted by Crippen LogP contribution is -2.07. The third kappa shape index (κ3) is 3.44. The number of aryl methyl sites for hydroxylation is 1. The van der Waals surface area contributed by atoms with Crippen LogP contribution < -0.4 is 0 Å². The smallest absolute Gasteiger partial charge is 0.196 e. The van der Waals surface area contributed by atoms with Crippen LogP contribution in [-0.2, 0) is 7.05 Å². The molecule has 2 aromatic carbocycles. The molecule has 0 aliphatic carbocycles. The molecule has 0 unspecified atom stereocenters. The molecule has 1 heterocycles. The third-order valence-corrected chi connectivity index (χ3v) is 3.68. The van der Waals surface area contributed by atoms with E-state index in [0.717, 1.165) is 5.69 Å². The minimum Gasteiger partial charge on any atom is -0.288 e. The molecule has 0 saturated carbocycles. The van der Waals surface area contributed by atoms with E-state index in [0.29, 0.717) is 16.1 Å². The zero-order valence-electron chi connectivity index (χ0n) is 13.2. The van der Waals surface area contributed by atoms with E-state index < -0.39 is 11.6 Å². The molecule has 3 rings (SSSR count). The van der Waals surface area contributed by atoms with E-state index in [1.54, 1.807) is 54.3 Å². The van der Waals surface area contributed by atoms with Crippen molar-refractivity contribution in [2.75, 3.05) is 0 Å². The molecule has 122 valence electrons. The normalized spacial score (nSPS) is 9.96. The molecular formula is C19H16ClFN2O. The SMILES string of the molecule is C=C.Cn1nccc1-c1ccc(Cl)cc1C(=O)c1ccccc1F. The maximum atomic E-state index is 13.9. The van der Waals surface area contributed by atoms with Crippen molar-refractivity contribution < 1.29 is 9.18 Å². The van der Waals surface area contributed by atoms with Crippen molar-refractivity contribution in [3.63, 3.8) is 0 Å². The highest BCUT2D eigenvalue weighted by Gasteiger charge is 2.19. The third-order valence-electron chi connectivity index (χ3n) is 3.44. The zero-order chi connectivity index (χ0) is 17.7. The molecule has 1 aromatic heterocycles. The lowest BCUT2D eigenvalue weighted by molar-refractivity contribution is 0.103. The maximum absolute atomic E-state index is 13.9. The van der Waals surface area contributed by atoms with Gasteiger partial charge in [-0.05, 0) is 30.3 Å². The molecule has 0 fully saturated rings. The summed E-state index contributed by atoms with van der Waals surface area (Å²) in [7, 11) is 1.78. The summed E-state index contributed by atoms with van der Waals surface area (Å²) in [5.74, 6) is -0.958. The molecule has 3 aromatic rings. The minimum atomic E-state index is -0.552. The Hall–Kier alpha value is -2.72. The molecule has 0 saturated heterocycles. The summed E-state index contributed by atoms with van der Waals surface area (Å²) < 4.78 is 15.6. The van der Waals surface area contributed by atoms with Gasteiger partial charge in [-0.15, -0.1) is 13.2 Å². The summed E-state index contributed by atoms with van der Waals surface area (Å²) in [4.78, 5) is 12.7. The number of benzene rings is 2. The fourth-order valence-corrected chi connectivity index (χ4v) is 2.53. The molecule has 0 atom stereocenters. The second-order valence-corrected chi connectivity index (χ2v) is 5.28. The first-order chi connectivity index (χ1) is 11.6. The number of halogens is 2. The van der Waals surface area contributed by atoms with Gasteiger partial charge in [-0.3, -0.25) is 9.48 Å². The average molecular weight is 343 g/mol. The number of rotatable bonds is 3. The second-order valence-electron chi connectivity index (χ2n) is 4.84. The molecule has 24 heavy (non-hydrogen) atoms. The van der Waals surface area contributed by atoms with Crippen LogP contribution in [0.15, 0.2) is 67.9 Å². The van der Waals surface area contributed by atoms with E-state index in [9.17, 15) is 9.18 Å². The number of nitrogens with zero attached hydrogens (tertiary/aromatic N) is 2. The Bertz CT molecular complexity index is 873. The highest BCUT2D eigenvalue weighted by molar-refractivity contribution is 6.31. The van der Waals surface area contributed by atoms with Gasteiger partial charge in [0, 0.05) is 29.4 Å². The minimum absolute atomic E-state index is 0.0215. The maximum Gasteiger partial charge on any atom is 0.196 e. The van der Waals surface area contributed by atoms with Gasteiger partial charge >= 0.3 is 0 Å². The number of hydrogen-bond donors (Lipinski definition) is 0. The van der Waals surface area contributed by atoms with Gasteiger partial charge in [0.05, 0.1) is 11.3 Å². The Morgan fingerprint density at radius 1 is 1.12 bits per heavy atom. The monoisotopic (exact) mass is 342 g/mol. The summed E-state index contributed by atoms with van der Waals surface area (Å²) in [6.45, 7) is 6.00. The highest BCUT2D eigenvalue weighted by Crippen LogP contribution is 2.28. The Kier molecular flexibility index (Phi) is 5.66. The number of aromatic nitrogens is 2. The van der Waals surface area contributed by atoms with Crippen molar-refractivity contribution in [2.24, 2.45) is 7.05 Å².